The highest BCUT2D eigenvalue weighted by atomic mass is 35.5. The molecule has 20 heavy (non-hydrogen) atoms. The van der Waals surface area contributed by atoms with Gasteiger partial charge in [-0.3, -0.25) is 9.59 Å². The van der Waals surface area contributed by atoms with Crippen LogP contribution in [0.5, 0.6) is 0 Å². The Morgan fingerprint density at radius 3 is 2.70 bits per heavy atom. The third-order valence-electron chi connectivity index (χ3n) is 2.84. The van der Waals surface area contributed by atoms with Crippen molar-refractivity contribution in [3.05, 3.63) is 34.9 Å². The van der Waals surface area contributed by atoms with Crippen LogP contribution in [0.25, 0.3) is 0 Å². The molecule has 1 aromatic carbocycles. The number of hydrogen-bond donors (Lipinski definition) is 1. The van der Waals surface area contributed by atoms with Crippen molar-refractivity contribution < 1.29 is 19.4 Å². The molecule has 1 atom stereocenters. The number of carboxylic acid groups (broad SMARTS) is 1. The molecule has 0 aliphatic heterocycles. The van der Waals surface area contributed by atoms with Gasteiger partial charge in [-0.25, -0.2) is 0 Å². The van der Waals surface area contributed by atoms with Crippen molar-refractivity contribution in [2.45, 2.75) is 45.1 Å². The van der Waals surface area contributed by atoms with Crippen molar-refractivity contribution >= 4 is 23.5 Å². The Hall–Kier alpha value is -1.55. The molecule has 0 aliphatic rings. The van der Waals surface area contributed by atoms with Gasteiger partial charge in [0.15, 0.2) is 0 Å². The molecule has 0 radical (unpaired) electrons. The Kier molecular flexibility index (Phi) is 7.09. The lowest BCUT2D eigenvalue weighted by atomic mass is 10.1. The van der Waals surface area contributed by atoms with Crippen LogP contribution in [0.1, 0.15) is 50.7 Å². The molecule has 1 aromatic rings. The lowest BCUT2D eigenvalue weighted by molar-refractivity contribution is -0.153. The minimum atomic E-state index is -1.02. The Balaban J connectivity index is 2.69. The van der Waals surface area contributed by atoms with Crippen molar-refractivity contribution in [1.29, 1.82) is 0 Å². The van der Waals surface area contributed by atoms with Crippen LogP contribution < -0.4 is 0 Å². The molecule has 110 valence electrons. The molecule has 0 aromatic heterocycles. The SMILES string of the molecule is CCCCCC(=O)OC(CC(=O)O)c1cccc(Cl)c1. The summed E-state index contributed by atoms with van der Waals surface area (Å²) in [7, 11) is 0. The number of carbonyl (C=O) groups is 2. The Morgan fingerprint density at radius 2 is 2.10 bits per heavy atom. The number of hydrogen-bond acceptors (Lipinski definition) is 3. The van der Waals surface area contributed by atoms with Crippen LogP contribution in [0.2, 0.25) is 5.02 Å². The first-order valence-electron chi connectivity index (χ1n) is 6.69. The zero-order valence-corrected chi connectivity index (χ0v) is 12.2. The van der Waals surface area contributed by atoms with E-state index in [0.29, 0.717) is 17.0 Å². The van der Waals surface area contributed by atoms with Crippen molar-refractivity contribution in [2.75, 3.05) is 0 Å². The zero-order chi connectivity index (χ0) is 15.0. The van der Waals surface area contributed by atoms with Gasteiger partial charge in [0.25, 0.3) is 0 Å². The summed E-state index contributed by atoms with van der Waals surface area (Å²) >= 11 is 5.88. The molecule has 0 saturated heterocycles. The van der Waals surface area contributed by atoms with Crippen LogP contribution >= 0.6 is 11.6 Å². The van der Waals surface area contributed by atoms with E-state index in [-0.39, 0.29) is 12.4 Å². The molecule has 4 nitrogen and oxygen atoms in total. The first-order chi connectivity index (χ1) is 9.52. The number of carbonyl (C=O) groups excluding carboxylic acids is 1. The van der Waals surface area contributed by atoms with Gasteiger partial charge in [0, 0.05) is 11.4 Å². The van der Waals surface area contributed by atoms with Crippen LogP contribution in [0.15, 0.2) is 24.3 Å². The summed E-state index contributed by atoms with van der Waals surface area (Å²) in [5, 5.41) is 9.40. The average molecular weight is 299 g/mol. The number of halogens is 1. The molecule has 0 spiro atoms. The highest BCUT2D eigenvalue weighted by Gasteiger charge is 2.20. The summed E-state index contributed by atoms with van der Waals surface area (Å²) < 4.78 is 5.27. The molecule has 1 N–H and O–H groups in total. The minimum absolute atomic E-state index is 0.264. The fourth-order valence-electron chi connectivity index (χ4n) is 1.83. The summed E-state index contributed by atoms with van der Waals surface area (Å²) in [6.45, 7) is 2.05. The third kappa shape index (κ3) is 6.06. The quantitative estimate of drug-likeness (QED) is 0.582. The van der Waals surface area contributed by atoms with Crippen LogP contribution in [-0.4, -0.2) is 17.0 Å². The summed E-state index contributed by atoms with van der Waals surface area (Å²) in [5.41, 5.74) is 0.601. The summed E-state index contributed by atoms with van der Waals surface area (Å²) in [4.78, 5) is 22.6. The van der Waals surface area contributed by atoms with Gasteiger partial charge in [0.05, 0.1) is 6.42 Å². The standard InChI is InChI=1S/C15H19ClO4/c1-2-3-4-8-15(19)20-13(10-14(17)18)11-6-5-7-12(16)9-11/h5-7,9,13H,2-4,8,10H2,1H3,(H,17,18). The normalized spacial score (nSPS) is 11.9. The lowest BCUT2D eigenvalue weighted by Crippen LogP contribution is -2.15. The second kappa shape index (κ2) is 8.59. The number of rotatable bonds is 8. The van der Waals surface area contributed by atoms with Crippen molar-refractivity contribution in [3.63, 3.8) is 0 Å². The molecular weight excluding hydrogens is 280 g/mol. The molecule has 1 unspecified atom stereocenters. The van der Waals surface area contributed by atoms with Gasteiger partial charge in [0.2, 0.25) is 0 Å². The van der Waals surface area contributed by atoms with Crippen LogP contribution in [0.4, 0.5) is 0 Å². The maximum Gasteiger partial charge on any atom is 0.307 e. The molecule has 0 aliphatic carbocycles. The van der Waals surface area contributed by atoms with Crippen molar-refractivity contribution in [2.24, 2.45) is 0 Å². The number of unbranched alkanes of at least 4 members (excludes halogenated alkanes) is 2. The Morgan fingerprint density at radius 1 is 1.35 bits per heavy atom. The molecular formula is C15H19ClO4. The zero-order valence-electron chi connectivity index (χ0n) is 11.5. The van der Waals surface area contributed by atoms with Crippen LogP contribution in [0.3, 0.4) is 0 Å². The second-order valence-corrected chi connectivity index (χ2v) is 5.02. The van der Waals surface area contributed by atoms with Crippen molar-refractivity contribution in [3.8, 4) is 0 Å². The van der Waals surface area contributed by atoms with Crippen LogP contribution in [-0.2, 0) is 14.3 Å². The topological polar surface area (TPSA) is 63.6 Å². The molecule has 5 heteroatoms. The number of esters is 1. The molecule has 0 heterocycles. The van der Waals surface area contributed by atoms with E-state index >= 15 is 0 Å². The minimum Gasteiger partial charge on any atom is -0.481 e. The molecule has 0 fully saturated rings. The number of carboxylic acids is 1. The smallest absolute Gasteiger partial charge is 0.307 e. The van der Waals surface area contributed by atoms with Gasteiger partial charge < -0.3 is 9.84 Å². The number of ether oxygens (including phenoxy) is 1. The second-order valence-electron chi connectivity index (χ2n) is 4.59. The Labute approximate surface area is 123 Å². The molecule has 0 amide bonds. The maximum atomic E-state index is 11.7. The molecule has 0 bridgehead atoms. The van der Waals surface area contributed by atoms with E-state index in [2.05, 4.69) is 0 Å². The monoisotopic (exact) mass is 298 g/mol. The van der Waals surface area contributed by atoms with Gasteiger partial charge in [-0.2, -0.15) is 0 Å². The third-order valence-corrected chi connectivity index (χ3v) is 3.07. The van der Waals surface area contributed by atoms with Crippen molar-refractivity contribution in [1.82, 2.24) is 0 Å². The van der Waals surface area contributed by atoms with Gasteiger partial charge in [-0.15, -0.1) is 0 Å². The van der Waals surface area contributed by atoms with E-state index in [9.17, 15) is 9.59 Å². The van der Waals surface area contributed by atoms with E-state index in [0.717, 1.165) is 19.3 Å². The van der Waals surface area contributed by atoms with Crippen LogP contribution in [0, 0.1) is 0 Å². The largest absolute Gasteiger partial charge is 0.481 e. The predicted octanol–water partition coefficient (Wildman–Crippen LogP) is 3.98. The van der Waals surface area contributed by atoms with Gasteiger partial charge in [-0.05, 0) is 24.1 Å². The van der Waals surface area contributed by atoms with E-state index < -0.39 is 12.1 Å². The number of benzene rings is 1. The summed E-state index contributed by atoms with van der Waals surface area (Å²) in [6, 6.07) is 6.72. The van der Waals surface area contributed by atoms with E-state index in [1.807, 2.05) is 6.92 Å². The average Bonchev–Trinajstić information content (AvgIpc) is 2.38. The summed E-state index contributed by atoms with van der Waals surface area (Å²) in [5.74, 6) is -1.39. The number of aliphatic carboxylic acids is 1. The van der Waals surface area contributed by atoms with Gasteiger partial charge in [0.1, 0.15) is 6.10 Å². The first-order valence-corrected chi connectivity index (χ1v) is 7.07. The molecule has 1 rings (SSSR count). The fourth-order valence-corrected chi connectivity index (χ4v) is 2.03. The van der Waals surface area contributed by atoms with Gasteiger partial charge >= 0.3 is 11.9 Å². The van der Waals surface area contributed by atoms with E-state index in [1.165, 1.54) is 0 Å². The molecule has 0 saturated carbocycles. The van der Waals surface area contributed by atoms with Gasteiger partial charge in [-0.1, -0.05) is 43.5 Å². The van der Waals surface area contributed by atoms with E-state index in [1.54, 1.807) is 24.3 Å². The lowest BCUT2D eigenvalue weighted by Gasteiger charge is -2.17. The predicted molar refractivity (Wildman–Crippen MR) is 76.7 cm³/mol. The summed E-state index contributed by atoms with van der Waals surface area (Å²) in [6.07, 6.45) is 1.98. The fraction of sp³-hybridized carbons (Fsp3) is 0.467. The first kappa shape index (κ1) is 16.5. The maximum absolute atomic E-state index is 11.7. The Bertz CT molecular complexity index is 459. The highest BCUT2D eigenvalue weighted by molar-refractivity contribution is 6.30. The van der Waals surface area contributed by atoms with E-state index in [4.69, 9.17) is 21.4 Å². The highest BCUT2D eigenvalue weighted by Crippen LogP contribution is 2.25.